The highest BCUT2D eigenvalue weighted by Gasteiger charge is 2.33. The highest BCUT2D eigenvalue weighted by atomic mass is 16.8. The third kappa shape index (κ3) is 2.93. The van der Waals surface area contributed by atoms with Crippen molar-refractivity contribution in [3.63, 3.8) is 0 Å². The number of carbonyl (C=O) groups excluding carboxylic acids is 3. The maximum Gasteiger partial charge on any atom is 0.534 e. The molecule has 2 amide bonds. The lowest BCUT2D eigenvalue weighted by Crippen LogP contribution is -2.35. The molecular weight excluding hydrogens is 218 g/mol. The molecule has 1 aliphatic rings. The van der Waals surface area contributed by atoms with Crippen LogP contribution >= 0.6 is 0 Å². The van der Waals surface area contributed by atoms with E-state index in [-0.39, 0.29) is 12.8 Å². The zero-order chi connectivity index (χ0) is 12.3. The Morgan fingerprint density at radius 1 is 1.31 bits per heavy atom. The fourth-order valence-electron chi connectivity index (χ4n) is 1.00. The lowest BCUT2D eigenvalue weighted by atomic mass is 10.3. The summed E-state index contributed by atoms with van der Waals surface area (Å²) in [4.78, 5) is 37.6. The number of nitrogens with zero attached hydrogens (tertiary/aromatic N) is 1. The van der Waals surface area contributed by atoms with Crippen molar-refractivity contribution in [2.45, 2.75) is 38.9 Å². The Labute approximate surface area is 91.9 Å². The van der Waals surface area contributed by atoms with Gasteiger partial charge in [-0.3, -0.25) is 14.4 Å². The predicted molar refractivity (Wildman–Crippen MR) is 49.8 cm³/mol. The van der Waals surface area contributed by atoms with Crippen molar-refractivity contribution in [2.75, 3.05) is 0 Å². The first kappa shape index (κ1) is 12.4. The highest BCUT2D eigenvalue weighted by molar-refractivity contribution is 6.01. The smallest absolute Gasteiger partial charge is 0.427 e. The molecule has 0 unspecified atom stereocenters. The molecule has 16 heavy (non-hydrogen) atoms. The lowest BCUT2D eigenvalue weighted by Gasteiger charge is -2.17. The minimum absolute atomic E-state index is 0.0259. The van der Waals surface area contributed by atoms with Gasteiger partial charge in [-0.05, 0) is 13.8 Å². The van der Waals surface area contributed by atoms with E-state index in [9.17, 15) is 14.4 Å². The van der Waals surface area contributed by atoms with Crippen LogP contribution < -0.4 is 0 Å². The van der Waals surface area contributed by atoms with E-state index in [0.29, 0.717) is 5.06 Å². The second-order valence-electron chi connectivity index (χ2n) is 3.49. The molecule has 0 aliphatic carbocycles. The van der Waals surface area contributed by atoms with Crippen molar-refractivity contribution in [3.8, 4) is 0 Å². The molecule has 7 nitrogen and oxygen atoms in total. The van der Waals surface area contributed by atoms with Gasteiger partial charge in [0.05, 0.1) is 6.10 Å². The number of imide groups is 1. The summed E-state index contributed by atoms with van der Waals surface area (Å²) < 4.78 is 4.61. The second-order valence-corrected chi connectivity index (χ2v) is 3.49. The third-order valence-corrected chi connectivity index (χ3v) is 2.13. The number of hydroxylamine groups is 2. The first-order valence-corrected chi connectivity index (χ1v) is 4.84. The lowest BCUT2D eigenvalue weighted by molar-refractivity contribution is -0.179. The van der Waals surface area contributed by atoms with E-state index in [0.717, 1.165) is 0 Å². The van der Waals surface area contributed by atoms with Gasteiger partial charge in [-0.25, -0.2) is 4.79 Å². The summed E-state index contributed by atoms with van der Waals surface area (Å²) in [5.41, 5.74) is 0. The van der Waals surface area contributed by atoms with Crippen LogP contribution in [0.1, 0.15) is 26.7 Å². The van der Waals surface area contributed by atoms with Crippen molar-refractivity contribution < 1.29 is 29.1 Å². The standard InChI is InChI=1S/C9H13NO6/c1-5(11)6(2)15-9(14)16-10-7(12)3-4-8(10)13/h5-6,11H,3-4H2,1-2H3/t5-,6+/m0/s1. The summed E-state index contributed by atoms with van der Waals surface area (Å²) >= 11 is 0. The van der Waals surface area contributed by atoms with Gasteiger partial charge in [-0.2, -0.15) is 0 Å². The Kier molecular flexibility index (Phi) is 3.83. The Hall–Kier alpha value is -1.63. The first-order chi connectivity index (χ1) is 7.41. The van der Waals surface area contributed by atoms with E-state index in [1.807, 2.05) is 0 Å². The van der Waals surface area contributed by atoms with Gasteiger partial charge in [0.2, 0.25) is 0 Å². The summed E-state index contributed by atoms with van der Waals surface area (Å²) in [7, 11) is 0. The van der Waals surface area contributed by atoms with E-state index in [1.54, 1.807) is 0 Å². The summed E-state index contributed by atoms with van der Waals surface area (Å²) in [5.74, 6) is -1.15. The molecule has 2 atom stereocenters. The molecule has 1 rings (SSSR count). The van der Waals surface area contributed by atoms with E-state index in [4.69, 9.17) is 5.11 Å². The largest absolute Gasteiger partial charge is 0.534 e. The van der Waals surface area contributed by atoms with Gasteiger partial charge in [-0.1, -0.05) is 5.06 Å². The maximum absolute atomic E-state index is 11.1. The molecule has 0 aromatic carbocycles. The van der Waals surface area contributed by atoms with Gasteiger partial charge >= 0.3 is 6.16 Å². The molecule has 0 spiro atoms. The molecule has 7 heteroatoms. The molecule has 0 radical (unpaired) electrons. The zero-order valence-corrected chi connectivity index (χ0v) is 9.00. The molecule has 1 fully saturated rings. The number of ether oxygens (including phenoxy) is 1. The van der Waals surface area contributed by atoms with E-state index in [2.05, 4.69) is 9.57 Å². The van der Waals surface area contributed by atoms with E-state index >= 15 is 0 Å². The third-order valence-electron chi connectivity index (χ3n) is 2.13. The van der Waals surface area contributed by atoms with Crippen LogP contribution in [0.2, 0.25) is 0 Å². The Morgan fingerprint density at radius 3 is 2.25 bits per heavy atom. The van der Waals surface area contributed by atoms with Crippen LogP contribution in [0.3, 0.4) is 0 Å². The average Bonchev–Trinajstić information content (AvgIpc) is 2.49. The zero-order valence-electron chi connectivity index (χ0n) is 9.00. The number of aliphatic hydroxyl groups excluding tert-OH is 1. The molecule has 1 saturated heterocycles. The molecule has 90 valence electrons. The molecule has 1 heterocycles. The van der Waals surface area contributed by atoms with Crippen LogP contribution in [0.5, 0.6) is 0 Å². The van der Waals surface area contributed by atoms with E-state index < -0.39 is 30.2 Å². The average molecular weight is 231 g/mol. The van der Waals surface area contributed by atoms with Crippen LogP contribution in [0.15, 0.2) is 0 Å². The summed E-state index contributed by atoms with van der Waals surface area (Å²) in [5, 5.41) is 9.44. The van der Waals surface area contributed by atoms with Crippen LogP contribution in [-0.4, -0.2) is 40.3 Å². The van der Waals surface area contributed by atoms with Gasteiger partial charge < -0.3 is 9.84 Å². The summed E-state index contributed by atoms with van der Waals surface area (Å²) in [6.45, 7) is 2.89. The Balaban J connectivity index is 2.45. The van der Waals surface area contributed by atoms with Gasteiger partial charge in [0.25, 0.3) is 11.8 Å². The molecule has 0 saturated carbocycles. The van der Waals surface area contributed by atoms with Crippen molar-refractivity contribution >= 4 is 18.0 Å². The fourth-order valence-corrected chi connectivity index (χ4v) is 1.00. The minimum Gasteiger partial charge on any atom is -0.427 e. The summed E-state index contributed by atoms with van der Waals surface area (Å²) in [6, 6.07) is 0. The minimum atomic E-state index is -1.18. The SMILES string of the molecule is C[C@H](O)[C@@H](C)OC(=O)ON1C(=O)CCC1=O. The Morgan fingerprint density at radius 2 is 1.81 bits per heavy atom. The van der Waals surface area contributed by atoms with Gasteiger partial charge in [0, 0.05) is 12.8 Å². The monoisotopic (exact) mass is 231 g/mol. The van der Waals surface area contributed by atoms with E-state index in [1.165, 1.54) is 13.8 Å². The van der Waals surface area contributed by atoms with Crippen molar-refractivity contribution in [3.05, 3.63) is 0 Å². The number of hydrogen-bond donors (Lipinski definition) is 1. The fraction of sp³-hybridized carbons (Fsp3) is 0.667. The predicted octanol–water partition coefficient (Wildman–Crippen LogP) is -0.0271. The van der Waals surface area contributed by atoms with Gasteiger partial charge in [0.15, 0.2) is 0 Å². The van der Waals surface area contributed by atoms with Crippen LogP contribution in [0.4, 0.5) is 4.79 Å². The second kappa shape index (κ2) is 4.93. The van der Waals surface area contributed by atoms with Crippen molar-refractivity contribution in [2.24, 2.45) is 0 Å². The van der Waals surface area contributed by atoms with Crippen LogP contribution in [-0.2, 0) is 19.2 Å². The van der Waals surface area contributed by atoms with Crippen molar-refractivity contribution in [1.29, 1.82) is 0 Å². The van der Waals surface area contributed by atoms with Gasteiger partial charge in [-0.15, -0.1) is 0 Å². The molecule has 0 aromatic rings. The number of amides is 2. The maximum atomic E-state index is 11.1. The quantitative estimate of drug-likeness (QED) is 0.541. The normalized spacial score (nSPS) is 19.6. The molecule has 1 N–H and O–H groups in total. The van der Waals surface area contributed by atoms with Crippen molar-refractivity contribution in [1.82, 2.24) is 5.06 Å². The van der Waals surface area contributed by atoms with Crippen LogP contribution in [0.25, 0.3) is 0 Å². The number of hydrogen-bond acceptors (Lipinski definition) is 6. The van der Waals surface area contributed by atoms with Crippen LogP contribution in [0, 0.1) is 0 Å². The topological polar surface area (TPSA) is 93.1 Å². The summed E-state index contributed by atoms with van der Waals surface area (Å²) in [6.07, 6.45) is -2.77. The molecule has 0 bridgehead atoms. The molecule has 0 aromatic heterocycles. The number of aliphatic hydroxyl groups is 1. The molecular formula is C9H13NO6. The van der Waals surface area contributed by atoms with Gasteiger partial charge in [0.1, 0.15) is 6.10 Å². The number of rotatable bonds is 3. The Bertz CT molecular complexity index is 297. The first-order valence-electron chi connectivity index (χ1n) is 4.84. The number of carbonyl (C=O) groups is 3. The highest BCUT2D eigenvalue weighted by Crippen LogP contribution is 2.13. The molecule has 1 aliphatic heterocycles.